The number of rotatable bonds is 2. The van der Waals surface area contributed by atoms with E-state index < -0.39 is 0 Å². The number of hydrogen-bond donors (Lipinski definition) is 1. The Labute approximate surface area is 105 Å². The molecule has 0 saturated heterocycles. The van der Waals surface area contributed by atoms with Gasteiger partial charge in [0.2, 0.25) is 0 Å². The third kappa shape index (κ3) is 2.20. The molecule has 0 aliphatic carbocycles. The third-order valence-electron chi connectivity index (χ3n) is 2.77. The molecule has 2 rings (SSSR count). The summed E-state index contributed by atoms with van der Waals surface area (Å²) in [5, 5.41) is 4.19. The predicted octanol–water partition coefficient (Wildman–Crippen LogP) is 1.10. The molecule has 0 fully saturated rings. The Bertz CT molecular complexity index is 631. The Kier molecular flexibility index (Phi) is 3.06. The van der Waals surface area contributed by atoms with Gasteiger partial charge in [-0.15, -0.1) is 0 Å². The largest absolute Gasteiger partial charge is 0.397 e. The highest BCUT2D eigenvalue weighted by molar-refractivity contribution is 5.74. The molecule has 0 radical (unpaired) electrons. The van der Waals surface area contributed by atoms with Crippen LogP contribution in [0.1, 0.15) is 0 Å². The van der Waals surface area contributed by atoms with Gasteiger partial charge in [-0.2, -0.15) is 5.10 Å². The van der Waals surface area contributed by atoms with E-state index in [9.17, 15) is 4.79 Å². The van der Waals surface area contributed by atoms with E-state index in [1.54, 1.807) is 13.1 Å². The monoisotopic (exact) mass is 244 g/mol. The lowest BCUT2D eigenvalue weighted by Gasteiger charge is -2.15. The number of nitrogens with two attached hydrogens (primary N) is 1. The average molecular weight is 244 g/mol. The molecular formula is C13H16N4O. The zero-order chi connectivity index (χ0) is 13.3. The van der Waals surface area contributed by atoms with Gasteiger partial charge in [-0.05, 0) is 18.2 Å². The van der Waals surface area contributed by atoms with Crippen LogP contribution in [0.4, 0.5) is 11.4 Å². The normalized spacial score (nSPS) is 10.4. The summed E-state index contributed by atoms with van der Waals surface area (Å²) in [5.41, 5.74) is 9.14. The van der Waals surface area contributed by atoms with Crippen molar-refractivity contribution in [1.29, 1.82) is 0 Å². The second kappa shape index (κ2) is 4.52. The summed E-state index contributed by atoms with van der Waals surface area (Å²) in [7, 11) is 5.51. The Morgan fingerprint density at radius 3 is 2.50 bits per heavy atom. The van der Waals surface area contributed by atoms with Crippen LogP contribution in [0.15, 0.2) is 35.1 Å². The molecule has 1 aromatic heterocycles. The highest BCUT2D eigenvalue weighted by atomic mass is 16.1. The van der Waals surface area contributed by atoms with Crippen LogP contribution in [0.5, 0.6) is 0 Å². The molecule has 2 N–H and O–H groups in total. The van der Waals surface area contributed by atoms with Crippen LogP contribution in [-0.4, -0.2) is 23.9 Å². The maximum Gasteiger partial charge on any atom is 0.266 e. The number of aromatic nitrogens is 2. The zero-order valence-corrected chi connectivity index (χ0v) is 10.7. The van der Waals surface area contributed by atoms with E-state index in [-0.39, 0.29) is 5.56 Å². The molecule has 0 spiro atoms. The van der Waals surface area contributed by atoms with Gasteiger partial charge in [0.05, 0.1) is 17.1 Å². The topological polar surface area (TPSA) is 64.2 Å². The number of nitrogen functional groups attached to an aromatic ring is 1. The van der Waals surface area contributed by atoms with Crippen molar-refractivity contribution in [3.8, 4) is 11.3 Å². The van der Waals surface area contributed by atoms with Crippen molar-refractivity contribution in [2.24, 2.45) is 7.05 Å². The van der Waals surface area contributed by atoms with Crippen molar-refractivity contribution in [3.05, 3.63) is 40.7 Å². The van der Waals surface area contributed by atoms with Crippen molar-refractivity contribution < 1.29 is 0 Å². The summed E-state index contributed by atoms with van der Waals surface area (Å²) >= 11 is 0. The third-order valence-corrected chi connectivity index (χ3v) is 2.77. The standard InChI is InChI=1S/C13H16N4O/c1-16(2)12-6-4-9(8-10(12)14)11-5-7-13(18)17(3)15-11/h4-8H,14H2,1-3H3. The van der Waals surface area contributed by atoms with Gasteiger partial charge < -0.3 is 10.6 Å². The second-order valence-corrected chi connectivity index (χ2v) is 4.35. The number of anilines is 2. The van der Waals surface area contributed by atoms with E-state index in [0.717, 1.165) is 16.9 Å². The smallest absolute Gasteiger partial charge is 0.266 e. The van der Waals surface area contributed by atoms with E-state index in [2.05, 4.69) is 5.10 Å². The van der Waals surface area contributed by atoms with E-state index in [4.69, 9.17) is 5.73 Å². The molecule has 0 saturated carbocycles. The van der Waals surface area contributed by atoms with Gasteiger partial charge in [0.25, 0.3) is 5.56 Å². The summed E-state index contributed by atoms with van der Waals surface area (Å²) < 4.78 is 1.31. The van der Waals surface area contributed by atoms with Crippen LogP contribution in [0, 0.1) is 0 Å². The lowest BCUT2D eigenvalue weighted by Crippen LogP contribution is -2.18. The van der Waals surface area contributed by atoms with Crippen molar-refractivity contribution in [2.75, 3.05) is 24.7 Å². The highest BCUT2D eigenvalue weighted by Crippen LogP contribution is 2.26. The molecule has 0 amide bonds. The Morgan fingerprint density at radius 2 is 1.94 bits per heavy atom. The van der Waals surface area contributed by atoms with Crippen LogP contribution in [0.3, 0.4) is 0 Å². The fraction of sp³-hybridized carbons (Fsp3) is 0.231. The predicted molar refractivity (Wildman–Crippen MR) is 73.7 cm³/mol. The van der Waals surface area contributed by atoms with Crippen molar-refractivity contribution >= 4 is 11.4 Å². The van der Waals surface area contributed by atoms with E-state index in [0.29, 0.717) is 5.69 Å². The minimum atomic E-state index is -0.128. The van der Waals surface area contributed by atoms with Crippen molar-refractivity contribution in [2.45, 2.75) is 0 Å². The molecule has 0 bridgehead atoms. The molecule has 0 unspecified atom stereocenters. The molecule has 5 nitrogen and oxygen atoms in total. The van der Waals surface area contributed by atoms with Gasteiger partial charge in [0.15, 0.2) is 0 Å². The van der Waals surface area contributed by atoms with Gasteiger partial charge in [0.1, 0.15) is 0 Å². The lowest BCUT2D eigenvalue weighted by molar-refractivity contribution is 0.712. The Hall–Kier alpha value is -2.30. The SMILES string of the molecule is CN(C)c1ccc(-c2ccc(=O)n(C)n2)cc1N. The van der Waals surface area contributed by atoms with Gasteiger partial charge in [0, 0.05) is 32.8 Å². The van der Waals surface area contributed by atoms with Crippen LogP contribution >= 0.6 is 0 Å². The molecule has 0 atom stereocenters. The first kappa shape index (κ1) is 12.2. The summed E-state index contributed by atoms with van der Waals surface area (Å²) in [6, 6.07) is 8.95. The molecule has 5 heteroatoms. The minimum Gasteiger partial charge on any atom is -0.397 e. The fourth-order valence-electron chi connectivity index (χ4n) is 1.78. The minimum absolute atomic E-state index is 0.128. The summed E-state index contributed by atoms with van der Waals surface area (Å²) in [4.78, 5) is 13.2. The Morgan fingerprint density at radius 1 is 1.22 bits per heavy atom. The van der Waals surface area contributed by atoms with E-state index in [1.807, 2.05) is 37.2 Å². The first-order valence-electron chi connectivity index (χ1n) is 5.60. The number of nitrogens with zero attached hydrogens (tertiary/aromatic N) is 3. The summed E-state index contributed by atoms with van der Waals surface area (Å²) in [6.07, 6.45) is 0. The van der Waals surface area contributed by atoms with Crippen molar-refractivity contribution in [1.82, 2.24) is 9.78 Å². The van der Waals surface area contributed by atoms with Gasteiger partial charge >= 0.3 is 0 Å². The van der Waals surface area contributed by atoms with Gasteiger partial charge in [-0.1, -0.05) is 6.07 Å². The average Bonchev–Trinajstić information content (AvgIpc) is 2.32. The molecule has 0 aliphatic rings. The molecule has 94 valence electrons. The first-order valence-corrected chi connectivity index (χ1v) is 5.60. The molecular weight excluding hydrogens is 228 g/mol. The number of benzene rings is 1. The summed E-state index contributed by atoms with van der Waals surface area (Å²) in [6.45, 7) is 0. The quantitative estimate of drug-likeness (QED) is 0.803. The zero-order valence-electron chi connectivity index (χ0n) is 10.7. The maximum absolute atomic E-state index is 11.3. The van der Waals surface area contributed by atoms with Crippen LogP contribution in [0.2, 0.25) is 0 Å². The first-order chi connectivity index (χ1) is 8.49. The van der Waals surface area contributed by atoms with E-state index in [1.165, 1.54) is 10.7 Å². The number of hydrogen-bond acceptors (Lipinski definition) is 4. The lowest BCUT2D eigenvalue weighted by atomic mass is 10.1. The fourth-order valence-corrected chi connectivity index (χ4v) is 1.78. The highest BCUT2D eigenvalue weighted by Gasteiger charge is 2.06. The van der Waals surface area contributed by atoms with Gasteiger partial charge in [-0.3, -0.25) is 4.79 Å². The molecule has 1 aromatic carbocycles. The van der Waals surface area contributed by atoms with Crippen molar-refractivity contribution in [3.63, 3.8) is 0 Å². The van der Waals surface area contributed by atoms with Gasteiger partial charge in [-0.25, -0.2) is 4.68 Å². The summed E-state index contributed by atoms with van der Waals surface area (Å²) in [5.74, 6) is 0. The molecule has 1 heterocycles. The van der Waals surface area contributed by atoms with Crippen LogP contribution < -0.4 is 16.2 Å². The van der Waals surface area contributed by atoms with Crippen LogP contribution in [-0.2, 0) is 7.05 Å². The maximum atomic E-state index is 11.3. The molecule has 2 aromatic rings. The molecule has 18 heavy (non-hydrogen) atoms. The van der Waals surface area contributed by atoms with E-state index >= 15 is 0 Å². The van der Waals surface area contributed by atoms with Crippen LogP contribution in [0.25, 0.3) is 11.3 Å². The Balaban J connectivity index is 2.48. The molecule has 0 aliphatic heterocycles. The second-order valence-electron chi connectivity index (χ2n) is 4.35. The number of aryl methyl sites for hydroxylation is 1.